The average molecular weight is 452 g/mol. The van der Waals surface area contributed by atoms with Gasteiger partial charge in [-0.25, -0.2) is 4.98 Å². The van der Waals surface area contributed by atoms with Crippen molar-refractivity contribution < 1.29 is 14.1 Å². The van der Waals surface area contributed by atoms with Crippen LogP contribution >= 0.6 is 11.3 Å². The summed E-state index contributed by atoms with van der Waals surface area (Å²) in [5.74, 6) is 0.934. The molecule has 0 bridgehead atoms. The average Bonchev–Trinajstić information content (AvgIpc) is 3.55. The summed E-state index contributed by atoms with van der Waals surface area (Å²) in [7, 11) is 0. The Morgan fingerprint density at radius 2 is 1.88 bits per heavy atom. The van der Waals surface area contributed by atoms with E-state index in [0.29, 0.717) is 31.1 Å². The zero-order chi connectivity index (χ0) is 22.2. The first-order valence-corrected chi connectivity index (χ1v) is 11.7. The maximum Gasteiger partial charge on any atom is 0.282 e. The Morgan fingerprint density at radius 3 is 2.50 bits per heavy atom. The molecule has 3 aromatic rings. The van der Waals surface area contributed by atoms with Crippen LogP contribution in [0.2, 0.25) is 0 Å². The third-order valence-electron chi connectivity index (χ3n) is 6.34. The van der Waals surface area contributed by atoms with Gasteiger partial charge in [0.2, 0.25) is 5.91 Å². The van der Waals surface area contributed by atoms with Crippen molar-refractivity contribution >= 4 is 28.8 Å². The van der Waals surface area contributed by atoms with Crippen molar-refractivity contribution in [1.29, 1.82) is 0 Å². The number of hydrogen-bond acceptors (Lipinski definition) is 7. The van der Waals surface area contributed by atoms with Gasteiger partial charge < -0.3 is 14.3 Å². The van der Waals surface area contributed by atoms with Crippen molar-refractivity contribution in [2.75, 3.05) is 37.6 Å². The van der Waals surface area contributed by atoms with Crippen LogP contribution in [0.4, 0.5) is 5.69 Å². The quantitative estimate of drug-likeness (QED) is 0.607. The minimum Gasteiger partial charge on any atom is -0.361 e. The predicted octanol–water partition coefficient (Wildman–Crippen LogP) is 2.98. The van der Waals surface area contributed by atoms with E-state index in [-0.39, 0.29) is 17.9 Å². The van der Waals surface area contributed by atoms with Crippen LogP contribution < -0.4 is 4.90 Å². The lowest BCUT2D eigenvalue weighted by Crippen LogP contribution is -2.52. The van der Waals surface area contributed by atoms with Crippen LogP contribution in [0.1, 0.15) is 27.7 Å². The predicted molar refractivity (Wildman–Crippen MR) is 122 cm³/mol. The molecule has 4 heterocycles. The van der Waals surface area contributed by atoms with Gasteiger partial charge >= 0.3 is 0 Å². The van der Waals surface area contributed by atoms with Crippen molar-refractivity contribution in [3.05, 3.63) is 52.3 Å². The van der Waals surface area contributed by atoms with Crippen LogP contribution in [0, 0.1) is 13.8 Å². The zero-order valence-electron chi connectivity index (χ0n) is 18.2. The van der Waals surface area contributed by atoms with Gasteiger partial charge in [-0.2, -0.15) is 0 Å². The second-order valence-corrected chi connectivity index (χ2v) is 9.17. The summed E-state index contributed by atoms with van der Waals surface area (Å²) < 4.78 is 5.27. The van der Waals surface area contributed by atoms with E-state index < -0.39 is 0 Å². The molecule has 2 saturated heterocycles. The van der Waals surface area contributed by atoms with E-state index in [1.54, 1.807) is 6.20 Å². The van der Waals surface area contributed by atoms with E-state index in [1.807, 2.05) is 53.3 Å². The van der Waals surface area contributed by atoms with Crippen LogP contribution in [-0.2, 0) is 4.79 Å². The normalized spacial score (nSPS) is 19.7. The van der Waals surface area contributed by atoms with Crippen molar-refractivity contribution in [1.82, 2.24) is 19.9 Å². The lowest BCUT2D eigenvalue weighted by Gasteiger charge is -2.37. The molecule has 8 nitrogen and oxygen atoms in total. The molecule has 0 aliphatic carbocycles. The summed E-state index contributed by atoms with van der Waals surface area (Å²) in [6.45, 7) is 7.37. The number of benzene rings is 1. The van der Waals surface area contributed by atoms with Crippen molar-refractivity contribution in [2.45, 2.75) is 26.3 Å². The molecule has 32 heavy (non-hydrogen) atoms. The smallest absolute Gasteiger partial charge is 0.282 e. The molecule has 166 valence electrons. The minimum absolute atomic E-state index is 0.00200. The first-order valence-electron chi connectivity index (χ1n) is 10.8. The monoisotopic (exact) mass is 451 g/mol. The molecule has 2 fully saturated rings. The lowest BCUT2D eigenvalue weighted by atomic mass is 10.0. The van der Waals surface area contributed by atoms with Gasteiger partial charge in [0.15, 0.2) is 5.01 Å². The first-order chi connectivity index (χ1) is 15.5. The van der Waals surface area contributed by atoms with Gasteiger partial charge in [0.1, 0.15) is 5.76 Å². The van der Waals surface area contributed by atoms with E-state index in [0.717, 1.165) is 41.4 Å². The molecule has 0 radical (unpaired) electrons. The molecule has 1 atom stereocenters. The largest absolute Gasteiger partial charge is 0.361 e. The highest BCUT2D eigenvalue weighted by molar-refractivity contribution is 7.11. The number of anilines is 1. The number of nitrogens with zero attached hydrogens (tertiary/aromatic N) is 5. The number of aryl methyl sites for hydroxylation is 2. The number of carbonyl (C=O) groups excluding carboxylic acids is 2. The Hall–Kier alpha value is -3.04. The second-order valence-electron chi connectivity index (χ2n) is 8.27. The molecule has 2 amide bonds. The fourth-order valence-electron chi connectivity index (χ4n) is 4.64. The number of carbonyl (C=O) groups is 2. The Labute approximate surface area is 190 Å². The molecule has 0 N–H and O–H groups in total. The molecule has 2 aliphatic heterocycles. The fourth-order valence-corrected chi connectivity index (χ4v) is 5.24. The van der Waals surface area contributed by atoms with Crippen molar-refractivity contribution in [3.8, 4) is 11.1 Å². The topological polar surface area (TPSA) is 82.8 Å². The maximum absolute atomic E-state index is 12.8. The number of thiazole rings is 1. The van der Waals surface area contributed by atoms with Gasteiger partial charge in [0, 0.05) is 68.0 Å². The summed E-state index contributed by atoms with van der Waals surface area (Å²) in [5, 5.41) is 6.39. The number of piperazine rings is 1. The summed E-state index contributed by atoms with van der Waals surface area (Å²) in [5.41, 5.74) is 3.81. The van der Waals surface area contributed by atoms with Crippen molar-refractivity contribution in [3.63, 3.8) is 0 Å². The van der Waals surface area contributed by atoms with Gasteiger partial charge in [0.05, 0.1) is 5.69 Å². The van der Waals surface area contributed by atoms with E-state index in [1.165, 1.54) is 11.3 Å². The van der Waals surface area contributed by atoms with Gasteiger partial charge in [-0.15, -0.1) is 11.3 Å². The summed E-state index contributed by atoms with van der Waals surface area (Å²) in [6.07, 6.45) is 2.17. The van der Waals surface area contributed by atoms with E-state index in [9.17, 15) is 9.59 Å². The molecule has 1 unspecified atom stereocenters. The van der Waals surface area contributed by atoms with E-state index >= 15 is 0 Å². The zero-order valence-corrected chi connectivity index (χ0v) is 19.0. The van der Waals surface area contributed by atoms with Gasteiger partial charge in [0.25, 0.3) is 5.91 Å². The highest BCUT2D eigenvalue weighted by Crippen LogP contribution is 2.31. The number of amides is 2. The number of hydrogen-bond donors (Lipinski definition) is 0. The summed E-state index contributed by atoms with van der Waals surface area (Å²) in [6, 6.07) is 8.19. The summed E-state index contributed by atoms with van der Waals surface area (Å²) in [4.78, 5) is 35.5. The van der Waals surface area contributed by atoms with E-state index in [2.05, 4.69) is 15.0 Å². The molecule has 0 spiro atoms. The summed E-state index contributed by atoms with van der Waals surface area (Å²) >= 11 is 1.37. The Kier molecular flexibility index (Phi) is 5.52. The van der Waals surface area contributed by atoms with Crippen LogP contribution in [-0.4, -0.2) is 70.5 Å². The Morgan fingerprint density at radius 1 is 1.12 bits per heavy atom. The molecule has 0 saturated carbocycles. The van der Waals surface area contributed by atoms with Crippen LogP contribution in [0.3, 0.4) is 0 Å². The number of rotatable bonds is 4. The highest BCUT2D eigenvalue weighted by atomic mass is 32.1. The SMILES string of the molecule is Cc1noc(C)c1-c1ccc(N2CC(N3CCN(C(=O)c4nccs4)CC3)CC2=O)cc1. The molecular formula is C23H25N5O3S. The van der Waals surface area contributed by atoms with E-state index in [4.69, 9.17) is 4.52 Å². The standard InChI is InChI=1S/C23H25N5O3S/c1-15-21(16(2)31-25-15)17-3-5-18(6-4-17)28-14-19(13-20(28)29)26-8-10-27(11-9-26)23(30)22-24-7-12-32-22/h3-7,12,19H,8-11,13-14H2,1-2H3. The van der Waals surface area contributed by atoms with Crippen molar-refractivity contribution in [2.24, 2.45) is 0 Å². The number of aromatic nitrogens is 2. The minimum atomic E-state index is 0.00200. The van der Waals surface area contributed by atoms with Crippen LogP contribution in [0.15, 0.2) is 40.4 Å². The third kappa shape index (κ3) is 3.82. The molecule has 9 heteroatoms. The first kappa shape index (κ1) is 20.8. The second kappa shape index (κ2) is 8.48. The van der Waals surface area contributed by atoms with Gasteiger partial charge in [-0.1, -0.05) is 17.3 Å². The molecule has 2 aromatic heterocycles. The molecule has 1 aromatic carbocycles. The third-order valence-corrected chi connectivity index (χ3v) is 7.10. The molecule has 5 rings (SSSR count). The molecular weight excluding hydrogens is 426 g/mol. The lowest BCUT2D eigenvalue weighted by molar-refractivity contribution is -0.117. The Bertz CT molecular complexity index is 1100. The van der Waals surface area contributed by atoms with Gasteiger partial charge in [-0.3, -0.25) is 14.5 Å². The van der Waals surface area contributed by atoms with Crippen LogP contribution in [0.5, 0.6) is 0 Å². The molecule has 2 aliphatic rings. The maximum atomic E-state index is 12.8. The Balaban J connectivity index is 1.22. The fraction of sp³-hybridized carbons (Fsp3) is 0.391. The van der Waals surface area contributed by atoms with Gasteiger partial charge in [-0.05, 0) is 31.5 Å². The van der Waals surface area contributed by atoms with Crippen LogP contribution in [0.25, 0.3) is 11.1 Å². The highest BCUT2D eigenvalue weighted by Gasteiger charge is 2.36.